The van der Waals surface area contributed by atoms with Gasteiger partial charge in [0.25, 0.3) is 5.91 Å². The van der Waals surface area contributed by atoms with Crippen LogP contribution in [0.25, 0.3) is 0 Å². The van der Waals surface area contributed by atoms with E-state index < -0.39 is 0 Å². The number of anilines is 1. The summed E-state index contributed by atoms with van der Waals surface area (Å²) in [6.07, 6.45) is 6.40. The van der Waals surface area contributed by atoms with Crippen LogP contribution in [0.2, 0.25) is 0 Å². The van der Waals surface area contributed by atoms with Crippen LogP contribution in [0.4, 0.5) is 5.82 Å². The maximum absolute atomic E-state index is 12.7. The van der Waals surface area contributed by atoms with Crippen LogP contribution in [-0.2, 0) is 15.9 Å². The lowest BCUT2D eigenvalue weighted by atomic mass is 9.91. The van der Waals surface area contributed by atoms with Crippen molar-refractivity contribution in [1.82, 2.24) is 20.2 Å². The molecule has 1 aliphatic heterocycles. The van der Waals surface area contributed by atoms with Crippen LogP contribution in [0.3, 0.4) is 0 Å². The van der Waals surface area contributed by atoms with Crippen molar-refractivity contribution >= 4 is 23.5 Å². The molecule has 0 bridgehead atoms. The highest BCUT2D eigenvalue weighted by molar-refractivity contribution is 7.98. The standard InChI is InChI=1S/C29H43N5O2S/c1-29(2,3)25-20-26(33(4)24-11-6-5-7-12-24)32-28(31-25)37-21-22-9-8-10-23(19-22)27(35)30-13-14-34-15-17-36-18-16-34/h8-10,19-20,24H,5-7,11-18,21H2,1-4H3,(H,30,35). The number of nitrogens with zero attached hydrogens (tertiary/aromatic N) is 4. The van der Waals surface area contributed by atoms with Crippen LogP contribution in [-0.4, -0.2) is 73.3 Å². The highest BCUT2D eigenvalue weighted by Gasteiger charge is 2.23. The minimum Gasteiger partial charge on any atom is -0.379 e. The molecule has 1 aromatic carbocycles. The third kappa shape index (κ3) is 8.16. The van der Waals surface area contributed by atoms with E-state index in [1.165, 1.54) is 32.1 Å². The van der Waals surface area contributed by atoms with Crippen molar-refractivity contribution in [1.29, 1.82) is 0 Å². The van der Waals surface area contributed by atoms with Crippen LogP contribution >= 0.6 is 11.8 Å². The van der Waals surface area contributed by atoms with Gasteiger partial charge in [-0.2, -0.15) is 0 Å². The maximum atomic E-state index is 12.7. The third-order valence-corrected chi connectivity index (χ3v) is 8.24. The SMILES string of the molecule is CN(c1cc(C(C)(C)C)nc(SCc2cccc(C(=O)NCCN3CCOCC3)c2)n1)C1CCCCC1. The molecule has 0 spiro atoms. The molecule has 0 atom stereocenters. The lowest BCUT2D eigenvalue weighted by Crippen LogP contribution is -2.41. The Labute approximate surface area is 226 Å². The fraction of sp³-hybridized carbons (Fsp3) is 0.621. The number of hydrogen-bond donors (Lipinski definition) is 1. The number of benzene rings is 1. The summed E-state index contributed by atoms with van der Waals surface area (Å²) in [5.74, 6) is 1.71. The molecule has 2 heterocycles. The number of nitrogens with one attached hydrogen (secondary N) is 1. The molecule has 0 radical (unpaired) electrons. The molecule has 1 N–H and O–H groups in total. The van der Waals surface area contributed by atoms with Gasteiger partial charge in [0.05, 0.1) is 18.9 Å². The number of carbonyl (C=O) groups is 1. The van der Waals surface area contributed by atoms with Gasteiger partial charge in [0, 0.05) is 62.1 Å². The average molecular weight is 526 g/mol. The van der Waals surface area contributed by atoms with Gasteiger partial charge in [-0.3, -0.25) is 9.69 Å². The molecular weight excluding hydrogens is 482 g/mol. The summed E-state index contributed by atoms with van der Waals surface area (Å²) < 4.78 is 5.39. The number of ether oxygens (including phenoxy) is 1. The van der Waals surface area contributed by atoms with Crippen LogP contribution in [0.15, 0.2) is 35.5 Å². The summed E-state index contributed by atoms with van der Waals surface area (Å²) in [7, 11) is 2.18. The Hall–Kier alpha value is -2.16. The number of thioether (sulfide) groups is 1. The maximum Gasteiger partial charge on any atom is 0.251 e. The number of aromatic nitrogens is 2. The Kier molecular flexibility index (Phi) is 9.84. The minimum absolute atomic E-state index is 0.0255. The summed E-state index contributed by atoms with van der Waals surface area (Å²) in [5, 5.41) is 3.86. The van der Waals surface area contributed by atoms with Gasteiger partial charge < -0.3 is 15.0 Å². The van der Waals surface area contributed by atoms with Gasteiger partial charge in [0.2, 0.25) is 0 Å². The van der Waals surface area contributed by atoms with Crippen molar-refractivity contribution in [3.63, 3.8) is 0 Å². The van der Waals surface area contributed by atoms with Gasteiger partial charge in [-0.1, -0.05) is 63.9 Å². The van der Waals surface area contributed by atoms with E-state index >= 15 is 0 Å². The minimum atomic E-state index is -0.0559. The van der Waals surface area contributed by atoms with E-state index in [2.05, 4.69) is 55.1 Å². The highest BCUT2D eigenvalue weighted by atomic mass is 32.2. The summed E-state index contributed by atoms with van der Waals surface area (Å²) in [5.41, 5.74) is 2.80. The van der Waals surface area contributed by atoms with Crippen molar-refractivity contribution in [3.05, 3.63) is 47.2 Å². The summed E-state index contributed by atoms with van der Waals surface area (Å²) in [6.45, 7) is 11.5. The molecule has 8 heteroatoms. The second-order valence-electron chi connectivity index (χ2n) is 11.2. The van der Waals surface area contributed by atoms with Crippen molar-refractivity contribution in [3.8, 4) is 0 Å². The number of morpholine rings is 1. The Balaban J connectivity index is 1.39. The summed E-state index contributed by atoms with van der Waals surface area (Å²) in [4.78, 5) is 27.3. The fourth-order valence-electron chi connectivity index (χ4n) is 4.90. The predicted molar refractivity (Wildman–Crippen MR) is 152 cm³/mol. The van der Waals surface area contributed by atoms with E-state index in [4.69, 9.17) is 14.7 Å². The first-order valence-electron chi connectivity index (χ1n) is 13.7. The first-order chi connectivity index (χ1) is 17.8. The Morgan fingerprint density at radius 1 is 1.14 bits per heavy atom. The lowest BCUT2D eigenvalue weighted by Gasteiger charge is -2.33. The van der Waals surface area contributed by atoms with E-state index in [9.17, 15) is 4.79 Å². The number of rotatable bonds is 9. The second kappa shape index (κ2) is 13.1. The van der Waals surface area contributed by atoms with Crippen molar-refractivity contribution in [2.24, 2.45) is 0 Å². The van der Waals surface area contributed by atoms with Gasteiger partial charge >= 0.3 is 0 Å². The first-order valence-corrected chi connectivity index (χ1v) is 14.7. The molecule has 2 fully saturated rings. The molecule has 7 nitrogen and oxygen atoms in total. The average Bonchev–Trinajstić information content (AvgIpc) is 2.92. The number of amides is 1. The molecule has 37 heavy (non-hydrogen) atoms. The van der Waals surface area contributed by atoms with Gasteiger partial charge in [-0.15, -0.1) is 0 Å². The largest absolute Gasteiger partial charge is 0.379 e. The van der Waals surface area contributed by atoms with Crippen LogP contribution in [0.1, 0.15) is 74.5 Å². The Morgan fingerprint density at radius 3 is 2.62 bits per heavy atom. The lowest BCUT2D eigenvalue weighted by molar-refractivity contribution is 0.0383. The molecule has 1 aromatic heterocycles. The zero-order valence-corrected chi connectivity index (χ0v) is 23.8. The first kappa shape index (κ1) is 27.9. The van der Waals surface area contributed by atoms with E-state index in [1.54, 1.807) is 11.8 Å². The van der Waals surface area contributed by atoms with E-state index in [0.29, 0.717) is 18.2 Å². The predicted octanol–water partition coefficient (Wildman–Crippen LogP) is 4.90. The molecule has 2 aliphatic rings. The zero-order chi connectivity index (χ0) is 26.3. The van der Waals surface area contributed by atoms with Gasteiger partial charge in [0.1, 0.15) is 5.82 Å². The van der Waals surface area contributed by atoms with Crippen LogP contribution < -0.4 is 10.2 Å². The van der Waals surface area contributed by atoms with E-state index in [-0.39, 0.29) is 11.3 Å². The Morgan fingerprint density at radius 2 is 1.89 bits per heavy atom. The molecular formula is C29H43N5O2S. The molecule has 1 saturated heterocycles. The van der Waals surface area contributed by atoms with Crippen LogP contribution in [0.5, 0.6) is 0 Å². The second-order valence-corrected chi connectivity index (χ2v) is 12.2. The highest BCUT2D eigenvalue weighted by Crippen LogP contribution is 2.31. The monoisotopic (exact) mass is 525 g/mol. The molecule has 1 amide bonds. The van der Waals surface area contributed by atoms with Crippen molar-refractivity contribution < 1.29 is 9.53 Å². The van der Waals surface area contributed by atoms with Gasteiger partial charge in [-0.05, 0) is 30.5 Å². The van der Waals surface area contributed by atoms with Gasteiger partial charge in [-0.25, -0.2) is 9.97 Å². The van der Waals surface area contributed by atoms with Crippen LogP contribution in [0, 0.1) is 0 Å². The smallest absolute Gasteiger partial charge is 0.251 e. The molecule has 2 aromatic rings. The summed E-state index contributed by atoms with van der Waals surface area (Å²) >= 11 is 1.64. The molecule has 0 unspecified atom stereocenters. The quantitative estimate of drug-likeness (QED) is 0.369. The van der Waals surface area contributed by atoms with Gasteiger partial charge in [0.15, 0.2) is 5.16 Å². The molecule has 4 rings (SSSR count). The Bertz CT molecular complexity index is 1030. The fourth-order valence-corrected chi connectivity index (χ4v) is 5.70. The number of hydrogen-bond acceptors (Lipinski definition) is 7. The molecule has 202 valence electrons. The van der Waals surface area contributed by atoms with Crippen molar-refractivity contribution in [2.75, 3.05) is 51.3 Å². The summed E-state index contributed by atoms with van der Waals surface area (Å²) in [6, 6.07) is 10.6. The topological polar surface area (TPSA) is 70.6 Å². The van der Waals surface area contributed by atoms with E-state index in [1.807, 2.05) is 18.2 Å². The third-order valence-electron chi connectivity index (χ3n) is 7.32. The zero-order valence-electron chi connectivity index (χ0n) is 23.0. The normalized spacial score (nSPS) is 17.5. The molecule has 1 aliphatic carbocycles. The van der Waals surface area contributed by atoms with E-state index in [0.717, 1.165) is 60.8 Å². The van der Waals surface area contributed by atoms with Crippen molar-refractivity contribution in [2.45, 2.75) is 75.2 Å². The number of carbonyl (C=O) groups excluding carboxylic acids is 1. The molecule has 1 saturated carbocycles.